The maximum Gasteiger partial charge on any atom is 0.335 e. The highest BCUT2D eigenvalue weighted by Gasteiger charge is 2.09. The fourth-order valence-electron chi connectivity index (χ4n) is 1.81. The molecule has 2 rings (SSSR count). The Morgan fingerprint density at radius 2 is 1.54 bits per heavy atom. The molecule has 0 radical (unpaired) electrons. The van der Waals surface area contributed by atoms with Crippen LogP contribution in [0, 0.1) is 0 Å². The Kier molecular flexibility index (Phi) is 5.37. The highest BCUT2D eigenvalue weighted by atomic mass is 16.5. The Bertz CT molecular complexity index is 800. The molecule has 4 N–H and O–H groups in total. The minimum atomic E-state index is -1.03. The van der Waals surface area contributed by atoms with Gasteiger partial charge in [-0.05, 0) is 35.9 Å². The molecule has 122 valence electrons. The average Bonchev–Trinajstić information content (AvgIpc) is 2.61. The average molecular weight is 327 g/mol. The number of hydrogen-bond donors (Lipinski definition) is 4. The molecule has 0 bridgehead atoms. The third-order valence-electron chi connectivity index (χ3n) is 3.03. The van der Waals surface area contributed by atoms with E-state index in [1.807, 2.05) is 0 Å². The summed E-state index contributed by atoms with van der Waals surface area (Å²) in [5, 5.41) is 21.1. The molecule has 0 heterocycles. The van der Waals surface area contributed by atoms with Gasteiger partial charge in [0, 0.05) is 11.1 Å². The maximum absolute atomic E-state index is 11.9. The zero-order chi connectivity index (χ0) is 17.5. The Hall–Kier alpha value is -3.52. The van der Waals surface area contributed by atoms with Crippen molar-refractivity contribution in [1.82, 2.24) is 10.9 Å². The zero-order valence-electron chi connectivity index (χ0n) is 12.3. The van der Waals surface area contributed by atoms with Crippen molar-refractivity contribution in [3.63, 3.8) is 0 Å². The number of amides is 2. The van der Waals surface area contributed by atoms with Crippen LogP contribution in [0.15, 0.2) is 53.6 Å². The third kappa shape index (κ3) is 4.24. The second-order valence-corrected chi connectivity index (χ2v) is 4.65. The molecule has 0 aliphatic heterocycles. The predicted octanol–water partition coefficient (Wildman–Crippen LogP) is 1.27. The first-order valence-electron chi connectivity index (χ1n) is 6.72. The van der Waals surface area contributed by atoms with E-state index in [1.54, 1.807) is 12.1 Å². The first-order valence-corrected chi connectivity index (χ1v) is 6.72. The monoisotopic (exact) mass is 327 g/mol. The molecule has 0 aliphatic carbocycles. The van der Waals surface area contributed by atoms with Crippen molar-refractivity contribution < 1.29 is 24.7 Å². The molecule has 0 saturated carbocycles. The fourth-order valence-corrected chi connectivity index (χ4v) is 1.81. The van der Waals surface area contributed by atoms with E-state index in [2.05, 4.69) is 10.5 Å². The summed E-state index contributed by atoms with van der Waals surface area (Å²) in [5.74, 6) is -2.30. The van der Waals surface area contributed by atoms with Crippen LogP contribution in [0.5, 0.6) is 0 Å². The van der Waals surface area contributed by atoms with Crippen molar-refractivity contribution in [1.29, 1.82) is 0 Å². The molecule has 0 saturated heterocycles. The number of nitrogens with zero attached hydrogens (tertiary/aromatic N) is 1. The molecule has 8 heteroatoms. The van der Waals surface area contributed by atoms with E-state index >= 15 is 0 Å². The molecule has 2 amide bonds. The lowest BCUT2D eigenvalue weighted by molar-refractivity contribution is 0.0693. The Morgan fingerprint density at radius 1 is 0.917 bits per heavy atom. The number of hydroxylamine groups is 1. The summed E-state index contributed by atoms with van der Waals surface area (Å²) in [6.45, 7) is 0. The van der Waals surface area contributed by atoms with Gasteiger partial charge in [-0.15, -0.1) is 0 Å². The second kappa shape index (κ2) is 7.65. The number of carbonyl (C=O) groups is 3. The van der Waals surface area contributed by atoms with Crippen molar-refractivity contribution in [3.05, 3.63) is 70.8 Å². The molecule has 0 unspecified atom stereocenters. The second-order valence-electron chi connectivity index (χ2n) is 4.65. The van der Waals surface area contributed by atoms with Gasteiger partial charge in [-0.3, -0.25) is 14.8 Å². The van der Waals surface area contributed by atoms with E-state index in [9.17, 15) is 14.4 Å². The quantitative estimate of drug-likeness (QED) is 0.373. The van der Waals surface area contributed by atoms with Crippen LogP contribution >= 0.6 is 0 Å². The minimum Gasteiger partial charge on any atom is -0.478 e. The molecule has 8 nitrogen and oxygen atoms in total. The molecule has 2 aromatic carbocycles. The van der Waals surface area contributed by atoms with Crippen LogP contribution in [0.3, 0.4) is 0 Å². The number of nitrogens with one attached hydrogen (secondary N) is 2. The maximum atomic E-state index is 11.9. The van der Waals surface area contributed by atoms with Gasteiger partial charge in [0.15, 0.2) is 0 Å². The molecule has 2 aromatic rings. The van der Waals surface area contributed by atoms with Crippen molar-refractivity contribution >= 4 is 24.0 Å². The Morgan fingerprint density at radius 3 is 2.12 bits per heavy atom. The zero-order valence-corrected chi connectivity index (χ0v) is 12.3. The van der Waals surface area contributed by atoms with Gasteiger partial charge in [0.2, 0.25) is 0 Å². The molecule has 0 atom stereocenters. The molecule has 0 aromatic heterocycles. The number of hydrazone groups is 1. The number of rotatable bonds is 5. The normalized spacial score (nSPS) is 10.4. The number of carboxylic acid groups (broad SMARTS) is 1. The van der Waals surface area contributed by atoms with Crippen LogP contribution in [0.4, 0.5) is 0 Å². The van der Waals surface area contributed by atoms with Gasteiger partial charge in [0.05, 0.1) is 11.8 Å². The molecule has 0 aliphatic rings. The van der Waals surface area contributed by atoms with Crippen molar-refractivity contribution in [3.8, 4) is 0 Å². The van der Waals surface area contributed by atoms with Crippen LogP contribution in [0.25, 0.3) is 0 Å². The van der Waals surface area contributed by atoms with Crippen LogP contribution in [-0.4, -0.2) is 34.3 Å². The van der Waals surface area contributed by atoms with Gasteiger partial charge in [0.25, 0.3) is 11.8 Å². The van der Waals surface area contributed by atoms with E-state index in [-0.39, 0.29) is 16.7 Å². The predicted molar refractivity (Wildman–Crippen MR) is 84.2 cm³/mol. The molecule has 0 spiro atoms. The topological polar surface area (TPSA) is 128 Å². The van der Waals surface area contributed by atoms with Crippen molar-refractivity contribution in [2.24, 2.45) is 5.10 Å². The van der Waals surface area contributed by atoms with Gasteiger partial charge in [-0.25, -0.2) is 15.7 Å². The van der Waals surface area contributed by atoms with Crippen LogP contribution in [0.2, 0.25) is 0 Å². The van der Waals surface area contributed by atoms with E-state index in [1.165, 1.54) is 48.1 Å². The van der Waals surface area contributed by atoms with Crippen molar-refractivity contribution in [2.75, 3.05) is 0 Å². The van der Waals surface area contributed by atoms with Crippen LogP contribution < -0.4 is 10.9 Å². The Labute approximate surface area is 136 Å². The number of carbonyl (C=O) groups excluding carboxylic acids is 2. The first kappa shape index (κ1) is 16.8. The lowest BCUT2D eigenvalue weighted by Gasteiger charge is -2.03. The molecule has 24 heavy (non-hydrogen) atoms. The van der Waals surface area contributed by atoms with Crippen molar-refractivity contribution in [2.45, 2.75) is 0 Å². The smallest absolute Gasteiger partial charge is 0.335 e. The first-order chi connectivity index (χ1) is 11.5. The fraction of sp³-hybridized carbons (Fsp3) is 0. The summed E-state index contributed by atoms with van der Waals surface area (Å²) in [4.78, 5) is 34.0. The van der Waals surface area contributed by atoms with Gasteiger partial charge in [0.1, 0.15) is 0 Å². The molecular formula is C16H13N3O5. The highest BCUT2D eigenvalue weighted by molar-refractivity contribution is 5.99. The van der Waals surface area contributed by atoms with Gasteiger partial charge in [-0.2, -0.15) is 5.10 Å². The minimum absolute atomic E-state index is 0.124. The summed E-state index contributed by atoms with van der Waals surface area (Å²) >= 11 is 0. The lowest BCUT2D eigenvalue weighted by Crippen LogP contribution is -2.21. The highest BCUT2D eigenvalue weighted by Crippen LogP contribution is 2.05. The molecule has 0 fully saturated rings. The summed E-state index contributed by atoms with van der Waals surface area (Å²) < 4.78 is 0. The summed E-state index contributed by atoms with van der Waals surface area (Å²) in [5.41, 5.74) is 4.84. The standard InChI is InChI=1S/C16H13N3O5/c20-14(12-2-1-3-13(8-12)15(21)19-24)18-17-9-10-4-6-11(7-5-10)16(22)23/h1-9,24H,(H,18,20)(H,19,21)(H,22,23)/b17-9+. The summed E-state index contributed by atoms with van der Waals surface area (Å²) in [6, 6.07) is 11.7. The number of hydrogen-bond acceptors (Lipinski definition) is 5. The van der Waals surface area contributed by atoms with Gasteiger partial charge >= 0.3 is 5.97 Å². The molecular weight excluding hydrogens is 314 g/mol. The van der Waals surface area contributed by atoms with E-state index in [0.29, 0.717) is 5.56 Å². The lowest BCUT2D eigenvalue weighted by atomic mass is 10.1. The van der Waals surface area contributed by atoms with Crippen LogP contribution in [0.1, 0.15) is 36.6 Å². The van der Waals surface area contributed by atoms with Gasteiger partial charge < -0.3 is 5.11 Å². The number of carboxylic acids is 1. The summed E-state index contributed by atoms with van der Waals surface area (Å²) in [7, 11) is 0. The van der Waals surface area contributed by atoms with Gasteiger partial charge in [-0.1, -0.05) is 18.2 Å². The van der Waals surface area contributed by atoms with E-state index in [4.69, 9.17) is 10.3 Å². The van der Waals surface area contributed by atoms with E-state index in [0.717, 1.165) is 0 Å². The Balaban J connectivity index is 2.02. The van der Waals surface area contributed by atoms with Crippen LogP contribution in [-0.2, 0) is 0 Å². The van der Waals surface area contributed by atoms with E-state index < -0.39 is 17.8 Å². The summed E-state index contributed by atoms with van der Waals surface area (Å²) in [6.07, 6.45) is 1.35. The number of aromatic carboxylic acids is 1. The largest absolute Gasteiger partial charge is 0.478 e. The third-order valence-corrected chi connectivity index (χ3v) is 3.03. The number of benzene rings is 2. The SMILES string of the molecule is O=C(O)c1ccc(/C=N/NC(=O)c2cccc(C(=O)NO)c2)cc1.